The zero-order valence-corrected chi connectivity index (χ0v) is 14.2. The molecule has 5 nitrogen and oxygen atoms in total. The average Bonchev–Trinajstić information content (AvgIpc) is 2.89. The van der Waals surface area contributed by atoms with E-state index in [2.05, 4.69) is 5.32 Å². The summed E-state index contributed by atoms with van der Waals surface area (Å²) in [6.45, 7) is 6.32. The highest BCUT2D eigenvalue weighted by Gasteiger charge is 2.18. The molecule has 23 heavy (non-hydrogen) atoms. The lowest BCUT2D eigenvalue weighted by Crippen LogP contribution is -2.14. The second-order valence-electron chi connectivity index (χ2n) is 4.74. The molecule has 2 aromatic rings. The average molecular weight is 333 g/mol. The normalized spacial score (nSPS) is 10.2. The maximum atomic E-state index is 12.4. The summed E-state index contributed by atoms with van der Waals surface area (Å²) in [5.41, 5.74) is 0.848. The first-order valence-corrected chi connectivity index (χ1v) is 8.18. The fourth-order valence-corrected chi connectivity index (χ4v) is 2.93. The first-order valence-electron chi connectivity index (χ1n) is 7.37. The van der Waals surface area contributed by atoms with Crippen LogP contribution in [0.25, 0.3) is 0 Å². The molecule has 0 aliphatic carbocycles. The molecule has 0 saturated carbocycles. The highest BCUT2D eigenvalue weighted by atomic mass is 32.1. The maximum Gasteiger partial charge on any atom is 0.341 e. The van der Waals surface area contributed by atoms with Crippen LogP contribution < -0.4 is 10.1 Å². The molecule has 0 aliphatic rings. The molecule has 1 aromatic carbocycles. The lowest BCUT2D eigenvalue weighted by Gasteiger charge is -2.08. The van der Waals surface area contributed by atoms with Crippen molar-refractivity contribution >= 4 is 28.2 Å². The third-order valence-electron chi connectivity index (χ3n) is 2.98. The molecule has 1 amide bonds. The van der Waals surface area contributed by atoms with Crippen LogP contribution in [0.4, 0.5) is 5.00 Å². The first-order chi connectivity index (χ1) is 11.0. The maximum absolute atomic E-state index is 12.4. The number of rotatable bonds is 6. The number of amides is 1. The van der Waals surface area contributed by atoms with Crippen LogP contribution in [0.15, 0.2) is 30.3 Å². The van der Waals surface area contributed by atoms with Crippen LogP contribution in [-0.2, 0) is 4.74 Å². The van der Waals surface area contributed by atoms with Gasteiger partial charge in [0.15, 0.2) is 0 Å². The Hall–Kier alpha value is -2.34. The molecule has 0 bridgehead atoms. The van der Waals surface area contributed by atoms with Crippen LogP contribution in [-0.4, -0.2) is 25.1 Å². The number of carbonyl (C=O) groups excluding carboxylic acids is 2. The van der Waals surface area contributed by atoms with E-state index in [1.54, 1.807) is 37.3 Å². The van der Waals surface area contributed by atoms with Gasteiger partial charge >= 0.3 is 5.97 Å². The number of nitrogens with one attached hydrogen (secondary N) is 1. The molecule has 0 saturated heterocycles. The fraction of sp³-hybridized carbons (Fsp3) is 0.294. The number of aryl methyl sites for hydroxylation is 1. The van der Waals surface area contributed by atoms with Crippen molar-refractivity contribution in [3.63, 3.8) is 0 Å². The Morgan fingerprint density at radius 1 is 1.17 bits per heavy atom. The molecule has 0 radical (unpaired) electrons. The predicted molar refractivity (Wildman–Crippen MR) is 90.6 cm³/mol. The summed E-state index contributed by atoms with van der Waals surface area (Å²) in [7, 11) is 0. The van der Waals surface area contributed by atoms with Crippen LogP contribution in [0.5, 0.6) is 5.75 Å². The van der Waals surface area contributed by atoms with E-state index in [9.17, 15) is 9.59 Å². The number of carbonyl (C=O) groups is 2. The second-order valence-corrected chi connectivity index (χ2v) is 5.99. The molecule has 1 heterocycles. The van der Waals surface area contributed by atoms with Crippen molar-refractivity contribution in [1.82, 2.24) is 0 Å². The molecular formula is C17H19NO4S. The minimum atomic E-state index is -0.435. The Kier molecular flexibility index (Phi) is 5.76. The van der Waals surface area contributed by atoms with Crippen LogP contribution in [0.3, 0.4) is 0 Å². The Morgan fingerprint density at radius 2 is 1.96 bits per heavy atom. The molecule has 0 aliphatic heterocycles. The molecule has 6 heteroatoms. The SMILES string of the molecule is CCOC(=O)c1cc(C)sc1NC(=O)c1cccc(OCC)c1. The van der Waals surface area contributed by atoms with Gasteiger partial charge in [0.05, 0.1) is 18.8 Å². The number of anilines is 1. The molecule has 1 aromatic heterocycles. The van der Waals surface area contributed by atoms with Crippen molar-refractivity contribution in [2.45, 2.75) is 20.8 Å². The van der Waals surface area contributed by atoms with Crippen molar-refractivity contribution in [3.8, 4) is 5.75 Å². The van der Waals surface area contributed by atoms with Gasteiger partial charge in [-0.15, -0.1) is 11.3 Å². The van der Waals surface area contributed by atoms with E-state index in [0.717, 1.165) is 4.88 Å². The summed E-state index contributed by atoms with van der Waals surface area (Å²) in [6.07, 6.45) is 0. The lowest BCUT2D eigenvalue weighted by molar-refractivity contribution is 0.0528. The molecule has 0 atom stereocenters. The summed E-state index contributed by atoms with van der Waals surface area (Å²) in [5.74, 6) is -0.0951. The van der Waals surface area contributed by atoms with E-state index < -0.39 is 5.97 Å². The van der Waals surface area contributed by atoms with Gasteiger partial charge in [0.2, 0.25) is 0 Å². The van der Waals surface area contributed by atoms with Gasteiger partial charge in [-0.2, -0.15) is 0 Å². The van der Waals surface area contributed by atoms with Gasteiger partial charge in [0.25, 0.3) is 5.91 Å². The third kappa shape index (κ3) is 4.32. The largest absolute Gasteiger partial charge is 0.494 e. The van der Waals surface area contributed by atoms with E-state index in [1.165, 1.54) is 11.3 Å². The Balaban J connectivity index is 2.20. The first kappa shape index (κ1) is 17.0. The van der Waals surface area contributed by atoms with E-state index in [-0.39, 0.29) is 12.5 Å². The molecule has 0 fully saturated rings. The zero-order valence-electron chi connectivity index (χ0n) is 13.3. The zero-order chi connectivity index (χ0) is 16.8. The summed E-state index contributed by atoms with van der Waals surface area (Å²) in [4.78, 5) is 25.3. The Morgan fingerprint density at radius 3 is 2.65 bits per heavy atom. The van der Waals surface area contributed by atoms with Crippen LogP contribution in [0.2, 0.25) is 0 Å². The van der Waals surface area contributed by atoms with E-state index >= 15 is 0 Å². The predicted octanol–water partition coefficient (Wildman–Crippen LogP) is 3.88. The molecule has 0 spiro atoms. The van der Waals surface area contributed by atoms with Crippen molar-refractivity contribution < 1.29 is 19.1 Å². The van der Waals surface area contributed by atoms with Crippen molar-refractivity contribution in [2.75, 3.05) is 18.5 Å². The number of thiophene rings is 1. The van der Waals surface area contributed by atoms with Gasteiger partial charge < -0.3 is 14.8 Å². The minimum Gasteiger partial charge on any atom is -0.494 e. The summed E-state index contributed by atoms with van der Waals surface area (Å²) >= 11 is 1.34. The molecule has 2 rings (SSSR count). The van der Waals surface area contributed by atoms with Gasteiger partial charge in [-0.25, -0.2) is 4.79 Å². The molecule has 1 N–H and O–H groups in total. The van der Waals surface area contributed by atoms with Crippen molar-refractivity contribution in [2.24, 2.45) is 0 Å². The fourth-order valence-electron chi connectivity index (χ4n) is 2.04. The minimum absolute atomic E-state index is 0.289. The quantitative estimate of drug-likeness (QED) is 0.815. The van der Waals surface area contributed by atoms with Crippen LogP contribution in [0.1, 0.15) is 39.4 Å². The number of hydrogen-bond donors (Lipinski definition) is 1. The Bertz CT molecular complexity index is 708. The summed E-state index contributed by atoms with van der Waals surface area (Å²) in [5, 5.41) is 3.27. The number of benzene rings is 1. The third-order valence-corrected chi connectivity index (χ3v) is 3.95. The summed E-state index contributed by atoms with van der Waals surface area (Å²) in [6, 6.07) is 8.63. The van der Waals surface area contributed by atoms with E-state index in [1.807, 2.05) is 13.8 Å². The van der Waals surface area contributed by atoms with E-state index in [4.69, 9.17) is 9.47 Å². The number of ether oxygens (including phenoxy) is 2. The molecule has 122 valence electrons. The van der Waals surface area contributed by atoms with Crippen molar-refractivity contribution in [3.05, 3.63) is 46.3 Å². The standard InChI is InChI=1S/C17H19NO4S/c1-4-21-13-8-6-7-12(10-13)15(19)18-16-14(9-11(3)23-16)17(20)22-5-2/h6-10H,4-5H2,1-3H3,(H,18,19). The van der Waals surface area contributed by atoms with Gasteiger partial charge in [0, 0.05) is 10.4 Å². The van der Waals surface area contributed by atoms with E-state index in [0.29, 0.717) is 28.5 Å². The lowest BCUT2D eigenvalue weighted by atomic mass is 10.2. The van der Waals surface area contributed by atoms with Crippen LogP contribution in [0, 0.1) is 6.92 Å². The highest BCUT2D eigenvalue weighted by molar-refractivity contribution is 7.16. The number of esters is 1. The Labute approximate surface area is 139 Å². The van der Waals surface area contributed by atoms with Gasteiger partial charge in [-0.1, -0.05) is 6.07 Å². The van der Waals surface area contributed by atoms with Gasteiger partial charge in [-0.05, 0) is 45.0 Å². The summed E-state index contributed by atoms with van der Waals surface area (Å²) < 4.78 is 10.4. The number of hydrogen-bond acceptors (Lipinski definition) is 5. The van der Waals surface area contributed by atoms with Gasteiger partial charge in [0.1, 0.15) is 10.8 Å². The highest BCUT2D eigenvalue weighted by Crippen LogP contribution is 2.29. The van der Waals surface area contributed by atoms with Gasteiger partial charge in [-0.3, -0.25) is 4.79 Å². The van der Waals surface area contributed by atoms with Crippen molar-refractivity contribution in [1.29, 1.82) is 0 Å². The monoisotopic (exact) mass is 333 g/mol. The smallest absolute Gasteiger partial charge is 0.341 e. The molecular weight excluding hydrogens is 314 g/mol. The topological polar surface area (TPSA) is 64.6 Å². The second kappa shape index (κ2) is 7.78. The van der Waals surface area contributed by atoms with Crippen LogP contribution >= 0.6 is 11.3 Å². The molecule has 0 unspecified atom stereocenters.